The zero-order chi connectivity index (χ0) is 25.2. The van der Waals surface area contributed by atoms with E-state index in [1.54, 1.807) is 11.8 Å². The van der Waals surface area contributed by atoms with Crippen LogP contribution in [0.2, 0.25) is 10.0 Å². The molecule has 0 amide bonds. The fraction of sp³-hybridized carbons (Fsp3) is 0.103. The standard InChI is InChI=1S/C29H20Cl2FNO2S/c30-23-3-1-2-19-8-7-18-6-4-17(14-22(18)29(28(19)23)36-13-12-27(34)35)5-10-21-11-9-20-15-25(32)24(31)16-26(20)33-21/h1-11,14-16,29H,12-13H2,(H,34,35)/b10-5+. The minimum atomic E-state index is -0.822. The Labute approximate surface area is 222 Å². The predicted octanol–water partition coefficient (Wildman–Crippen LogP) is 8.63. The van der Waals surface area contributed by atoms with E-state index in [0.717, 1.165) is 33.5 Å². The lowest BCUT2D eigenvalue weighted by Crippen LogP contribution is -2.04. The maximum Gasteiger partial charge on any atom is 0.304 e. The molecule has 1 aliphatic carbocycles. The summed E-state index contributed by atoms with van der Waals surface area (Å²) in [5.41, 5.74) is 6.47. The molecule has 1 N–H and O–H groups in total. The van der Waals surface area contributed by atoms with Crippen molar-refractivity contribution in [2.75, 3.05) is 5.75 Å². The number of carboxylic acids is 1. The molecule has 0 radical (unpaired) electrons. The number of aromatic nitrogens is 1. The van der Waals surface area contributed by atoms with Crippen LogP contribution in [0.15, 0.2) is 60.7 Å². The highest BCUT2D eigenvalue weighted by Gasteiger charge is 2.24. The number of benzene rings is 3. The second kappa shape index (κ2) is 10.5. The molecule has 180 valence electrons. The average molecular weight is 536 g/mol. The molecule has 0 saturated carbocycles. The van der Waals surface area contributed by atoms with Crippen LogP contribution in [0.1, 0.15) is 45.2 Å². The van der Waals surface area contributed by atoms with Crippen LogP contribution < -0.4 is 0 Å². The van der Waals surface area contributed by atoms with E-state index in [2.05, 4.69) is 29.3 Å². The van der Waals surface area contributed by atoms with Crippen molar-refractivity contribution >= 4 is 76.1 Å². The summed E-state index contributed by atoms with van der Waals surface area (Å²) in [7, 11) is 0. The summed E-state index contributed by atoms with van der Waals surface area (Å²) >= 11 is 14.2. The molecule has 0 bridgehead atoms. The number of halogens is 3. The third kappa shape index (κ3) is 5.19. The Kier molecular flexibility index (Phi) is 7.15. The molecule has 0 aliphatic heterocycles. The van der Waals surface area contributed by atoms with Crippen LogP contribution >= 0.6 is 35.0 Å². The van der Waals surface area contributed by atoms with Crippen LogP contribution in [0.4, 0.5) is 4.39 Å². The van der Waals surface area contributed by atoms with E-state index in [4.69, 9.17) is 28.3 Å². The van der Waals surface area contributed by atoms with Crippen molar-refractivity contribution in [3.8, 4) is 0 Å². The first-order valence-corrected chi connectivity index (χ1v) is 13.1. The van der Waals surface area contributed by atoms with Crippen LogP contribution in [0, 0.1) is 5.82 Å². The van der Waals surface area contributed by atoms with Gasteiger partial charge in [0, 0.05) is 16.2 Å². The number of pyridine rings is 1. The van der Waals surface area contributed by atoms with Gasteiger partial charge < -0.3 is 5.11 Å². The van der Waals surface area contributed by atoms with Gasteiger partial charge in [-0.2, -0.15) is 0 Å². The largest absolute Gasteiger partial charge is 0.481 e. The Morgan fingerprint density at radius 1 is 1.00 bits per heavy atom. The molecule has 5 rings (SSSR count). The van der Waals surface area contributed by atoms with Crippen molar-refractivity contribution in [3.05, 3.63) is 110 Å². The highest BCUT2D eigenvalue weighted by atomic mass is 35.5. The molecule has 4 aromatic rings. The minimum Gasteiger partial charge on any atom is -0.481 e. The van der Waals surface area contributed by atoms with Crippen molar-refractivity contribution in [1.29, 1.82) is 0 Å². The molecule has 0 fully saturated rings. The molecular formula is C29H20Cl2FNO2S. The van der Waals surface area contributed by atoms with Gasteiger partial charge in [0.15, 0.2) is 0 Å². The number of nitrogens with zero attached hydrogens (tertiary/aromatic N) is 1. The quantitative estimate of drug-likeness (QED) is 0.268. The summed E-state index contributed by atoms with van der Waals surface area (Å²) in [5, 5.41) is 10.4. The van der Waals surface area contributed by atoms with E-state index >= 15 is 0 Å². The monoisotopic (exact) mass is 535 g/mol. The van der Waals surface area contributed by atoms with Gasteiger partial charge in [-0.1, -0.05) is 71.8 Å². The molecule has 3 aromatic carbocycles. The molecule has 1 aromatic heterocycles. The highest BCUT2D eigenvalue weighted by molar-refractivity contribution is 7.99. The fourth-order valence-corrected chi connectivity index (χ4v) is 6.09. The smallest absolute Gasteiger partial charge is 0.304 e. The lowest BCUT2D eigenvalue weighted by atomic mass is 9.97. The molecular weight excluding hydrogens is 516 g/mol. The first-order valence-electron chi connectivity index (χ1n) is 11.3. The Hall–Kier alpha value is -3.12. The van der Waals surface area contributed by atoms with Crippen LogP contribution in [0.25, 0.3) is 35.2 Å². The fourth-order valence-electron chi connectivity index (χ4n) is 4.23. The Balaban J connectivity index is 1.50. The summed E-state index contributed by atoms with van der Waals surface area (Å²) in [6, 6.07) is 18.6. The number of thioether (sulfide) groups is 1. The summed E-state index contributed by atoms with van der Waals surface area (Å²) < 4.78 is 13.7. The SMILES string of the molecule is O=C(O)CCSC1c2cc(/C=C/c3ccc4cc(F)c(Cl)cc4n3)ccc2C=Cc2cccc(Cl)c21. The van der Waals surface area contributed by atoms with Crippen molar-refractivity contribution in [2.45, 2.75) is 11.7 Å². The number of aliphatic carboxylic acids is 1. The number of carboxylic acid groups (broad SMARTS) is 1. The molecule has 0 saturated heterocycles. The number of fused-ring (bicyclic) bond motifs is 3. The van der Waals surface area contributed by atoms with Gasteiger partial charge in [-0.25, -0.2) is 9.37 Å². The summed E-state index contributed by atoms with van der Waals surface area (Å²) in [6.45, 7) is 0. The molecule has 1 atom stereocenters. The summed E-state index contributed by atoms with van der Waals surface area (Å²) in [5.74, 6) is -0.822. The van der Waals surface area contributed by atoms with Crippen molar-refractivity contribution in [3.63, 3.8) is 0 Å². The van der Waals surface area contributed by atoms with Crippen molar-refractivity contribution in [2.24, 2.45) is 0 Å². The molecule has 3 nitrogen and oxygen atoms in total. The molecule has 1 unspecified atom stereocenters. The third-order valence-electron chi connectivity index (χ3n) is 5.98. The van der Waals surface area contributed by atoms with E-state index in [1.165, 1.54) is 12.1 Å². The van der Waals surface area contributed by atoms with Gasteiger partial charge in [-0.3, -0.25) is 4.79 Å². The van der Waals surface area contributed by atoms with Gasteiger partial charge in [0.25, 0.3) is 0 Å². The number of carbonyl (C=O) groups is 1. The lowest BCUT2D eigenvalue weighted by molar-refractivity contribution is -0.136. The molecule has 0 spiro atoms. The van der Waals surface area contributed by atoms with Crippen LogP contribution in [0.3, 0.4) is 0 Å². The van der Waals surface area contributed by atoms with E-state index in [1.807, 2.05) is 48.6 Å². The summed E-state index contributed by atoms with van der Waals surface area (Å²) in [6.07, 6.45) is 8.08. The lowest BCUT2D eigenvalue weighted by Gasteiger charge is -2.21. The molecule has 36 heavy (non-hydrogen) atoms. The van der Waals surface area contributed by atoms with Gasteiger partial charge in [0.2, 0.25) is 0 Å². The number of hydrogen-bond donors (Lipinski definition) is 1. The van der Waals surface area contributed by atoms with Gasteiger partial charge in [0.1, 0.15) is 5.82 Å². The number of hydrogen-bond acceptors (Lipinski definition) is 3. The van der Waals surface area contributed by atoms with Gasteiger partial charge >= 0.3 is 5.97 Å². The van der Waals surface area contributed by atoms with E-state index < -0.39 is 11.8 Å². The summed E-state index contributed by atoms with van der Waals surface area (Å²) in [4.78, 5) is 15.7. The Morgan fingerprint density at radius 2 is 1.83 bits per heavy atom. The predicted molar refractivity (Wildman–Crippen MR) is 149 cm³/mol. The van der Waals surface area contributed by atoms with E-state index in [-0.39, 0.29) is 16.7 Å². The number of rotatable bonds is 6. The average Bonchev–Trinajstić information content (AvgIpc) is 3.01. The molecule has 7 heteroatoms. The van der Waals surface area contributed by atoms with Gasteiger partial charge in [-0.05, 0) is 64.2 Å². The van der Waals surface area contributed by atoms with Crippen LogP contribution in [-0.2, 0) is 4.79 Å². The first kappa shape index (κ1) is 24.6. The first-order chi connectivity index (χ1) is 17.4. The van der Waals surface area contributed by atoms with Crippen LogP contribution in [0.5, 0.6) is 0 Å². The third-order valence-corrected chi connectivity index (χ3v) is 7.87. The maximum atomic E-state index is 13.7. The zero-order valence-electron chi connectivity index (χ0n) is 18.9. The van der Waals surface area contributed by atoms with Crippen LogP contribution in [-0.4, -0.2) is 21.8 Å². The Morgan fingerprint density at radius 3 is 2.67 bits per heavy atom. The van der Waals surface area contributed by atoms with E-state index in [9.17, 15) is 9.18 Å². The second-order valence-electron chi connectivity index (χ2n) is 8.39. The minimum absolute atomic E-state index is 0.0420. The highest BCUT2D eigenvalue weighted by Crippen LogP contribution is 2.45. The Bertz CT molecular complexity index is 1550. The topological polar surface area (TPSA) is 50.2 Å². The van der Waals surface area contributed by atoms with Crippen molar-refractivity contribution in [1.82, 2.24) is 4.98 Å². The zero-order valence-corrected chi connectivity index (χ0v) is 21.2. The normalized spacial score (nSPS) is 14.6. The van der Waals surface area contributed by atoms with Gasteiger partial charge in [0.05, 0.1) is 27.9 Å². The van der Waals surface area contributed by atoms with Crippen molar-refractivity contribution < 1.29 is 14.3 Å². The molecule has 1 aliphatic rings. The second-order valence-corrected chi connectivity index (χ2v) is 10.4. The maximum absolute atomic E-state index is 13.7. The molecule has 1 heterocycles. The van der Waals surface area contributed by atoms with E-state index in [0.29, 0.717) is 21.7 Å². The van der Waals surface area contributed by atoms with Gasteiger partial charge in [-0.15, -0.1) is 11.8 Å².